The third-order valence-electron chi connectivity index (χ3n) is 2.86. The zero-order valence-corrected chi connectivity index (χ0v) is 12.5. The van der Waals surface area contributed by atoms with Crippen LogP contribution in [0.4, 0.5) is 5.95 Å². The van der Waals surface area contributed by atoms with Crippen molar-refractivity contribution in [3.05, 3.63) is 40.2 Å². The maximum Gasteiger partial charge on any atom is 0.232 e. The fourth-order valence-corrected chi connectivity index (χ4v) is 2.68. The third kappa shape index (κ3) is 2.42. The fraction of sp³-hybridized carbons (Fsp3) is 0.143. The molecule has 1 N–H and O–H groups in total. The molecule has 4 nitrogen and oxygen atoms in total. The summed E-state index contributed by atoms with van der Waals surface area (Å²) < 4.78 is 5.89. The Hall–Kier alpha value is -1.85. The van der Waals surface area contributed by atoms with Crippen LogP contribution in [0.2, 0.25) is 5.02 Å². The van der Waals surface area contributed by atoms with Crippen LogP contribution in [0, 0.1) is 6.92 Å². The van der Waals surface area contributed by atoms with E-state index in [2.05, 4.69) is 15.3 Å². The van der Waals surface area contributed by atoms with Gasteiger partial charge in [-0.3, -0.25) is 0 Å². The molecule has 2 aromatic heterocycles. The van der Waals surface area contributed by atoms with Gasteiger partial charge in [-0.25, -0.2) is 4.98 Å². The first-order chi connectivity index (χ1) is 9.67. The summed E-state index contributed by atoms with van der Waals surface area (Å²) in [6.45, 7) is 1.94. The Bertz CT molecular complexity index is 772. The van der Waals surface area contributed by atoms with Gasteiger partial charge in [-0.15, -0.1) is 11.3 Å². The van der Waals surface area contributed by atoms with Gasteiger partial charge >= 0.3 is 0 Å². The standard InChI is InChI=1S/C14H12ClN3OS/c1-8-7-9(3-4-11(8)15)19-12-10-5-6-20-13(10)18-14(16-2)17-12/h3-7H,1-2H3,(H,16,17,18). The highest BCUT2D eigenvalue weighted by molar-refractivity contribution is 7.16. The topological polar surface area (TPSA) is 47.0 Å². The second-order valence-electron chi connectivity index (χ2n) is 4.25. The van der Waals surface area contributed by atoms with Crippen molar-refractivity contribution in [2.24, 2.45) is 0 Å². The van der Waals surface area contributed by atoms with Crippen molar-refractivity contribution in [1.82, 2.24) is 9.97 Å². The van der Waals surface area contributed by atoms with Gasteiger partial charge < -0.3 is 10.1 Å². The number of ether oxygens (including phenoxy) is 1. The molecular weight excluding hydrogens is 294 g/mol. The molecule has 0 radical (unpaired) electrons. The van der Waals surface area contributed by atoms with E-state index in [1.807, 2.05) is 36.6 Å². The zero-order valence-electron chi connectivity index (χ0n) is 11.0. The summed E-state index contributed by atoms with van der Waals surface area (Å²) in [6, 6.07) is 7.49. The van der Waals surface area contributed by atoms with Gasteiger partial charge in [-0.1, -0.05) is 11.6 Å². The van der Waals surface area contributed by atoms with E-state index in [-0.39, 0.29) is 0 Å². The molecule has 0 aliphatic carbocycles. The second-order valence-corrected chi connectivity index (χ2v) is 5.56. The minimum atomic E-state index is 0.542. The number of aryl methyl sites for hydroxylation is 1. The summed E-state index contributed by atoms with van der Waals surface area (Å²) in [6.07, 6.45) is 0. The third-order valence-corrected chi connectivity index (χ3v) is 4.09. The number of fused-ring (bicyclic) bond motifs is 1. The van der Waals surface area contributed by atoms with Crippen molar-refractivity contribution in [2.75, 3.05) is 12.4 Å². The van der Waals surface area contributed by atoms with Gasteiger partial charge in [0.1, 0.15) is 10.6 Å². The molecule has 20 heavy (non-hydrogen) atoms. The van der Waals surface area contributed by atoms with Crippen LogP contribution in [0.15, 0.2) is 29.6 Å². The molecule has 6 heteroatoms. The molecule has 0 spiro atoms. The first-order valence-corrected chi connectivity index (χ1v) is 7.30. The van der Waals surface area contributed by atoms with E-state index in [0.717, 1.165) is 20.8 Å². The number of aromatic nitrogens is 2. The van der Waals surface area contributed by atoms with Crippen LogP contribution < -0.4 is 10.1 Å². The molecular formula is C14H12ClN3OS. The number of nitrogens with zero attached hydrogens (tertiary/aromatic N) is 2. The van der Waals surface area contributed by atoms with E-state index in [9.17, 15) is 0 Å². The Balaban J connectivity index is 2.04. The Morgan fingerprint density at radius 1 is 1.25 bits per heavy atom. The highest BCUT2D eigenvalue weighted by atomic mass is 35.5. The molecule has 0 saturated carbocycles. The minimum Gasteiger partial charge on any atom is -0.438 e. The smallest absolute Gasteiger partial charge is 0.232 e. The molecule has 0 saturated heterocycles. The summed E-state index contributed by atoms with van der Waals surface area (Å²) in [5.74, 6) is 1.79. The Morgan fingerprint density at radius 3 is 2.85 bits per heavy atom. The predicted molar refractivity (Wildman–Crippen MR) is 83.2 cm³/mol. The van der Waals surface area contributed by atoms with Crippen LogP contribution in [0.3, 0.4) is 0 Å². The summed E-state index contributed by atoms with van der Waals surface area (Å²) in [4.78, 5) is 9.64. The molecule has 0 fully saturated rings. The van der Waals surface area contributed by atoms with E-state index in [1.165, 1.54) is 0 Å². The summed E-state index contributed by atoms with van der Waals surface area (Å²) >= 11 is 7.57. The average Bonchev–Trinajstić information content (AvgIpc) is 2.91. The summed E-state index contributed by atoms with van der Waals surface area (Å²) in [7, 11) is 1.78. The molecule has 0 bridgehead atoms. The number of hydrogen-bond donors (Lipinski definition) is 1. The Labute approximate surface area is 125 Å². The lowest BCUT2D eigenvalue weighted by Crippen LogP contribution is -1.98. The maximum atomic E-state index is 6.02. The van der Waals surface area contributed by atoms with E-state index in [1.54, 1.807) is 18.4 Å². The van der Waals surface area contributed by atoms with Crippen LogP contribution >= 0.6 is 22.9 Å². The molecule has 102 valence electrons. The van der Waals surface area contributed by atoms with Crippen LogP contribution in [0.1, 0.15) is 5.56 Å². The molecule has 3 rings (SSSR count). The van der Waals surface area contributed by atoms with Crippen molar-refractivity contribution in [3.8, 4) is 11.6 Å². The highest BCUT2D eigenvalue weighted by Gasteiger charge is 2.11. The van der Waals surface area contributed by atoms with E-state index >= 15 is 0 Å². The maximum absolute atomic E-state index is 6.02. The molecule has 1 aromatic carbocycles. The van der Waals surface area contributed by atoms with Gasteiger partial charge in [-0.05, 0) is 42.1 Å². The fourth-order valence-electron chi connectivity index (χ4n) is 1.81. The van der Waals surface area contributed by atoms with Gasteiger partial charge in [0.2, 0.25) is 11.8 Å². The van der Waals surface area contributed by atoms with Gasteiger partial charge in [0.25, 0.3) is 0 Å². The van der Waals surface area contributed by atoms with Crippen molar-refractivity contribution in [1.29, 1.82) is 0 Å². The largest absolute Gasteiger partial charge is 0.438 e. The molecule has 0 amide bonds. The van der Waals surface area contributed by atoms with Crippen LogP contribution in [0.25, 0.3) is 10.2 Å². The molecule has 0 atom stereocenters. The number of halogens is 1. The lowest BCUT2D eigenvalue weighted by molar-refractivity contribution is 0.469. The van der Waals surface area contributed by atoms with Crippen molar-refractivity contribution >= 4 is 39.1 Å². The van der Waals surface area contributed by atoms with Gasteiger partial charge in [-0.2, -0.15) is 4.98 Å². The zero-order chi connectivity index (χ0) is 14.1. The lowest BCUT2D eigenvalue weighted by Gasteiger charge is -2.08. The minimum absolute atomic E-state index is 0.542. The Morgan fingerprint density at radius 2 is 2.10 bits per heavy atom. The monoisotopic (exact) mass is 305 g/mol. The molecule has 0 aliphatic heterocycles. The summed E-state index contributed by atoms with van der Waals surface area (Å²) in [5.41, 5.74) is 0.966. The Kier molecular flexibility index (Phi) is 3.46. The van der Waals surface area contributed by atoms with Crippen molar-refractivity contribution < 1.29 is 4.74 Å². The number of rotatable bonds is 3. The highest BCUT2D eigenvalue weighted by Crippen LogP contribution is 2.32. The predicted octanol–water partition coefficient (Wildman–Crippen LogP) is 4.49. The molecule has 0 aliphatic rings. The normalized spacial score (nSPS) is 10.8. The van der Waals surface area contributed by atoms with E-state index < -0.39 is 0 Å². The number of benzene rings is 1. The first kappa shape index (κ1) is 13.1. The van der Waals surface area contributed by atoms with Gasteiger partial charge in [0, 0.05) is 12.1 Å². The lowest BCUT2D eigenvalue weighted by atomic mass is 10.2. The van der Waals surface area contributed by atoms with E-state index in [4.69, 9.17) is 16.3 Å². The summed E-state index contributed by atoms with van der Waals surface area (Å²) in [5, 5.41) is 6.53. The second kappa shape index (κ2) is 5.26. The van der Waals surface area contributed by atoms with Crippen LogP contribution in [-0.4, -0.2) is 17.0 Å². The number of anilines is 1. The van der Waals surface area contributed by atoms with Gasteiger partial charge in [0.05, 0.1) is 5.39 Å². The number of nitrogens with one attached hydrogen (secondary N) is 1. The molecule has 0 unspecified atom stereocenters. The number of hydrogen-bond acceptors (Lipinski definition) is 5. The van der Waals surface area contributed by atoms with Crippen LogP contribution in [-0.2, 0) is 0 Å². The van der Waals surface area contributed by atoms with Crippen LogP contribution in [0.5, 0.6) is 11.6 Å². The average molecular weight is 306 g/mol. The first-order valence-electron chi connectivity index (χ1n) is 6.04. The van der Waals surface area contributed by atoms with E-state index in [0.29, 0.717) is 17.6 Å². The SMILES string of the molecule is CNc1nc(Oc2ccc(Cl)c(C)c2)c2ccsc2n1. The quantitative estimate of drug-likeness (QED) is 0.774. The van der Waals surface area contributed by atoms with Crippen molar-refractivity contribution in [2.45, 2.75) is 6.92 Å². The molecule has 2 heterocycles. The molecule has 3 aromatic rings. The number of thiophene rings is 1. The van der Waals surface area contributed by atoms with Gasteiger partial charge in [0.15, 0.2) is 0 Å². The van der Waals surface area contributed by atoms with Crippen molar-refractivity contribution in [3.63, 3.8) is 0 Å².